The molecule has 0 saturated heterocycles. The summed E-state index contributed by atoms with van der Waals surface area (Å²) in [6.07, 6.45) is 4.99. The van der Waals surface area contributed by atoms with E-state index in [0.717, 1.165) is 0 Å². The molecule has 0 amide bonds. The van der Waals surface area contributed by atoms with Crippen LogP contribution in [0.3, 0.4) is 0 Å². The fraction of sp³-hybridized carbons (Fsp3) is 0.227. The quantitative estimate of drug-likeness (QED) is 0.165. The van der Waals surface area contributed by atoms with Gasteiger partial charge in [0.05, 0.1) is 12.2 Å². The first-order valence-electron chi connectivity index (χ1n) is 16.6. The van der Waals surface area contributed by atoms with Gasteiger partial charge in [-0.15, -0.1) is 0 Å². The summed E-state index contributed by atoms with van der Waals surface area (Å²) >= 11 is 0. The molecule has 0 aliphatic heterocycles. The average molecular weight is 617 g/mol. The third-order valence-corrected chi connectivity index (χ3v) is 15.7. The van der Waals surface area contributed by atoms with Crippen molar-refractivity contribution >= 4 is 25.4 Å². The van der Waals surface area contributed by atoms with E-state index >= 15 is 0 Å². The molecule has 1 nitrogen and oxygen atoms in total. The van der Waals surface area contributed by atoms with Crippen molar-refractivity contribution in [3.05, 3.63) is 160 Å². The fourth-order valence-corrected chi connectivity index (χ4v) is 13.9. The zero-order valence-electron chi connectivity index (χ0n) is 28.0. The lowest BCUT2D eigenvalue weighted by Gasteiger charge is -2.42. The molecule has 5 aromatic carbocycles. The van der Waals surface area contributed by atoms with E-state index in [-0.39, 0.29) is 5.60 Å². The van der Waals surface area contributed by atoms with Crippen molar-refractivity contribution < 1.29 is 4.74 Å². The minimum absolute atomic E-state index is 0.167. The Bertz CT molecular complexity index is 1830. The van der Waals surface area contributed by atoms with E-state index in [4.69, 9.17) is 4.74 Å². The molecule has 2 unspecified atom stereocenters. The van der Waals surface area contributed by atoms with E-state index in [9.17, 15) is 0 Å². The molecule has 0 aromatic heterocycles. The van der Waals surface area contributed by atoms with Crippen LogP contribution < -0.4 is 5.19 Å². The Balaban J connectivity index is 1.40. The molecule has 0 bridgehead atoms. The number of hydrogen-bond acceptors (Lipinski definition) is 1. The lowest BCUT2D eigenvalue weighted by atomic mass is 9.97. The Morgan fingerprint density at radius 3 is 1.46 bits per heavy atom. The summed E-state index contributed by atoms with van der Waals surface area (Å²) in [5.74, 6) is 0. The van der Waals surface area contributed by atoms with Crippen molar-refractivity contribution in [3.63, 3.8) is 0 Å². The number of allylic oxidation sites excluding steroid dienone is 2. The molecule has 7 rings (SSSR count). The third kappa shape index (κ3) is 5.34. The maximum atomic E-state index is 6.17. The topological polar surface area (TPSA) is 9.23 Å². The van der Waals surface area contributed by atoms with Gasteiger partial charge in [0.15, 0.2) is 0 Å². The lowest BCUT2D eigenvalue weighted by molar-refractivity contribution is -0.0149. The van der Waals surface area contributed by atoms with Gasteiger partial charge in [0.25, 0.3) is 0 Å². The molecule has 0 saturated carbocycles. The first kappa shape index (κ1) is 30.4. The van der Waals surface area contributed by atoms with Crippen LogP contribution in [0.1, 0.15) is 73.5 Å². The first-order valence-corrected chi connectivity index (χ1v) is 19.3. The van der Waals surface area contributed by atoms with Crippen LogP contribution >= 0.6 is 0 Å². The highest BCUT2D eigenvalue weighted by Crippen LogP contribution is 2.54. The molecule has 0 N–H and O–H groups in total. The van der Waals surface area contributed by atoms with E-state index in [2.05, 4.69) is 175 Å². The monoisotopic (exact) mass is 616 g/mol. The molecule has 2 aliphatic rings. The lowest BCUT2D eigenvalue weighted by Crippen LogP contribution is -2.56. The van der Waals surface area contributed by atoms with Gasteiger partial charge < -0.3 is 4.74 Å². The van der Waals surface area contributed by atoms with Crippen LogP contribution in [0.25, 0.3) is 34.4 Å². The number of fused-ring (bicyclic) bond motifs is 2. The highest BCUT2D eigenvalue weighted by Gasteiger charge is 2.51. The molecule has 2 aliphatic carbocycles. The highest BCUT2D eigenvalue weighted by molar-refractivity contribution is 6.94. The summed E-state index contributed by atoms with van der Waals surface area (Å²) in [7, 11) is -2.40. The van der Waals surface area contributed by atoms with Crippen molar-refractivity contribution in [2.24, 2.45) is 0 Å². The van der Waals surface area contributed by atoms with Crippen molar-refractivity contribution in [3.8, 4) is 22.3 Å². The van der Waals surface area contributed by atoms with Crippen LogP contribution in [0, 0.1) is 0 Å². The van der Waals surface area contributed by atoms with Crippen molar-refractivity contribution in [1.82, 2.24) is 0 Å². The SMILES string of the molecule is CC1=Cc2c(-c3ccccc3)cccc2C1[Si](C)(c1ccc(COC(C)(C)C)cc1)C1C(C)=Cc2c(-c3ccccc3)cccc21. The van der Waals surface area contributed by atoms with Crippen LogP contribution in [0.4, 0.5) is 0 Å². The zero-order chi connectivity index (χ0) is 32.1. The van der Waals surface area contributed by atoms with Gasteiger partial charge in [0.2, 0.25) is 0 Å². The van der Waals surface area contributed by atoms with Crippen LogP contribution in [-0.4, -0.2) is 13.7 Å². The zero-order valence-corrected chi connectivity index (χ0v) is 29.0. The van der Waals surface area contributed by atoms with Crippen LogP contribution in [0.5, 0.6) is 0 Å². The van der Waals surface area contributed by atoms with Gasteiger partial charge in [-0.3, -0.25) is 0 Å². The molecule has 46 heavy (non-hydrogen) atoms. The second-order valence-electron chi connectivity index (χ2n) is 14.4. The summed E-state index contributed by atoms with van der Waals surface area (Å²) in [5.41, 5.74) is 15.7. The van der Waals surface area contributed by atoms with E-state index in [1.54, 1.807) is 0 Å². The maximum Gasteiger partial charge on any atom is 0.106 e. The number of ether oxygens (including phenoxy) is 1. The van der Waals surface area contributed by atoms with E-state index in [1.165, 1.54) is 66.4 Å². The fourth-order valence-electron chi connectivity index (χ4n) is 8.20. The van der Waals surface area contributed by atoms with Crippen LogP contribution in [-0.2, 0) is 11.3 Å². The van der Waals surface area contributed by atoms with Gasteiger partial charge >= 0.3 is 0 Å². The van der Waals surface area contributed by atoms with Crippen molar-refractivity contribution in [2.45, 2.75) is 64.5 Å². The number of benzene rings is 5. The van der Waals surface area contributed by atoms with E-state index in [0.29, 0.717) is 17.7 Å². The minimum Gasteiger partial charge on any atom is -0.371 e. The molecule has 5 aromatic rings. The largest absolute Gasteiger partial charge is 0.371 e. The third-order valence-electron chi connectivity index (χ3n) is 10.2. The molecule has 0 radical (unpaired) electrons. The maximum absolute atomic E-state index is 6.17. The summed E-state index contributed by atoms with van der Waals surface area (Å²) in [6.45, 7) is 14.4. The summed E-state index contributed by atoms with van der Waals surface area (Å²) in [5, 5.41) is 1.50. The smallest absolute Gasteiger partial charge is 0.106 e. The predicted octanol–water partition coefficient (Wildman–Crippen LogP) is 11.1. The summed E-state index contributed by atoms with van der Waals surface area (Å²) in [4.78, 5) is 0. The average Bonchev–Trinajstić information content (AvgIpc) is 3.60. The Hall–Kier alpha value is -4.24. The number of hydrogen-bond donors (Lipinski definition) is 0. The van der Waals surface area contributed by atoms with Crippen LogP contribution in [0.15, 0.2) is 132 Å². The van der Waals surface area contributed by atoms with Gasteiger partial charge in [0, 0.05) is 11.1 Å². The predicted molar refractivity (Wildman–Crippen MR) is 199 cm³/mol. The Labute approximate surface area is 276 Å². The van der Waals surface area contributed by atoms with Crippen molar-refractivity contribution in [1.29, 1.82) is 0 Å². The van der Waals surface area contributed by atoms with E-state index in [1.807, 2.05) is 0 Å². The highest BCUT2D eigenvalue weighted by atomic mass is 28.3. The summed E-state index contributed by atoms with van der Waals surface area (Å²) < 4.78 is 6.17. The van der Waals surface area contributed by atoms with Crippen molar-refractivity contribution in [2.75, 3.05) is 0 Å². The Kier molecular flexibility index (Phi) is 7.83. The second kappa shape index (κ2) is 11.8. The normalized spacial score (nSPS) is 18.4. The molecule has 2 atom stereocenters. The standard InChI is InChI=1S/C44H44OSi/c1-30-27-40-36(33-15-9-7-10-16-33)19-13-21-38(40)42(30)46(6,35-25-23-32(24-26-35)29-45-44(3,4)5)43-31(2)28-41-37(20-14-22-39(41)43)34-17-11-8-12-18-34/h7-28,42-43H,29H2,1-6H3. The summed E-state index contributed by atoms with van der Waals surface area (Å²) in [6, 6.07) is 45.2. The second-order valence-corrected chi connectivity index (χ2v) is 18.7. The number of rotatable bonds is 7. The molecular formula is C44H44OSi. The molecule has 0 spiro atoms. The van der Waals surface area contributed by atoms with Gasteiger partial charge in [-0.05, 0) is 84.7 Å². The molecule has 0 fully saturated rings. The first-order chi connectivity index (χ1) is 22.1. The van der Waals surface area contributed by atoms with Gasteiger partial charge in [-0.25, -0.2) is 0 Å². The Morgan fingerprint density at radius 2 is 1.02 bits per heavy atom. The van der Waals surface area contributed by atoms with Crippen LogP contribution in [0.2, 0.25) is 6.55 Å². The molecule has 2 heteroatoms. The molecular weight excluding hydrogens is 573 g/mol. The Morgan fingerprint density at radius 1 is 0.565 bits per heavy atom. The van der Waals surface area contributed by atoms with Gasteiger partial charge in [0.1, 0.15) is 8.07 Å². The molecule has 230 valence electrons. The minimum atomic E-state index is -2.40. The van der Waals surface area contributed by atoms with E-state index < -0.39 is 8.07 Å². The van der Waals surface area contributed by atoms with Gasteiger partial charge in [-0.1, -0.05) is 156 Å². The van der Waals surface area contributed by atoms with Gasteiger partial charge in [-0.2, -0.15) is 0 Å². The molecule has 0 heterocycles.